The standard InChI is InChI=1S/C14H21BrN2O/c1-4-17(5-2)14(18)8-9-16-12-6-7-13(15)11(3)10-12/h6-7,10,16H,4-5,8-9H2,1-3H3. The van der Waals surface area contributed by atoms with Gasteiger partial charge in [-0.1, -0.05) is 15.9 Å². The molecule has 0 heterocycles. The number of hydrogen-bond acceptors (Lipinski definition) is 2. The van der Waals surface area contributed by atoms with E-state index in [-0.39, 0.29) is 5.91 Å². The molecule has 0 radical (unpaired) electrons. The summed E-state index contributed by atoms with van der Waals surface area (Å²) < 4.78 is 1.10. The molecule has 0 spiro atoms. The van der Waals surface area contributed by atoms with Crippen molar-refractivity contribution < 1.29 is 4.79 Å². The molecular weight excluding hydrogens is 292 g/mol. The highest BCUT2D eigenvalue weighted by Crippen LogP contribution is 2.19. The molecule has 0 unspecified atom stereocenters. The van der Waals surface area contributed by atoms with Crippen LogP contribution in [0.3, 0.4) is 0 Å². The maximum absolute atomic E-state index is 11.8. The Balaban J connectivity index is 2.41. The molecule has 0 saturated heterocycles. The number of nitrogens with one attached hydrogen (secondary N) is 1. The van der Waals surface area contributed by atoms with Crippen LogP contribution in [-0.2, 0) is 4.79 Å². The zero-order valence-corrected chi connectivity index (χ0v) is 12.9. The minimum absolute atomic E-state index is 0.210. The van der Waals surface area contributed by atoms with Crippen molar-refractivity contribution in [1.29, 1.82) is 0 Å². The Morgan fingerprint density at radius 2 is 2.00 bits per heavy atom. The molecule has 18 heavy (non-hydrogen) atoms. The van der Waals surface area contributed by atoms with E-state index in [1.54, 1.807) is 0 Å². The van der Waals surface area contributed by atoms with Crippen LogP contribution in [0.1, 0.15) is 25.8 Å². The van der Waals surface area contributed by atoms with Crippen LogP contribution < -0.4 is 5.32 Å². The first kappa shape index (κ1) is 15.0. The van der Waals surface area contributed by atoms with Gasteiger partial charge in [-0.25, -0.2) is 0 Å². The molecule has 0 fully saturated rings. The highest BCUT2D eigenvalue weighted by molar-refractivity contribution is 9.10. The number of aryl methyl sites for hydroxylation is 1. The van der Waals surface area contributed by atoms with E-state index in [0.29, 0.717) is 13.0 Å². The fourth-order valence-electron chi connectivity index (χ4n) is 1.80. The van der Waals surface area contributed by atoms with Crippen molar-refractivity contribution in [2.24, 2.45) is 0 Å². The number of nitrogens with zero attached hydrogens (tertiary/aromatic N) is 1. The molecule has 0 aromatic heterocycles. The lowest BCUT2D eigenvalue weighted by atomic mass is 10.2. The van der Waals surface area contributed by atoms with E-state index >= 15 is 0 Å². The molecule has 4 heteroatoms. The zero-order chi connectivity index (χ0) is 13.5. The second-order valence-electron chi connectivity index (χ2n) is 4.21. The molecule has 1 rings (SSSR count). The van der Waals surface area contributed by atoms with Gasteiger partial charge >= 0.3 is 0 Å². The van der Waals surface area contributed by atoms with Gasteiger partial charge in [0, 0.05) is 36.2 Å². The molecule has 1 N–H and O–H groups in total. The number of carbonyl (C=O) groups is 1. The number of carbonyl (C=O) groups excluding carboxylic acids is 1. The van der Waals surface area contributed by atoms with Crippen molar-refractivity contribution in [3.63, 3.8) is 0 Å². The van der Waals surface area contributed by atoms with Crippen molar-refractivity contribution in [3.05, 3.63) is 28.2 Å². The molecule has 3 nitrogen and oxygen atoms in total. The van der Waals surface area contributed by atoms with Crippen LogP contribution in [0.2, 0.25) is 0 Å². The number of anilines is 1. The highest BCUT2D eigenvalue weighted by atomic mass is 79.9. The predicted molar refractivity (Wildman–Crippen MR) is 79.9 cm³/mol. The maximum Gasteiger partial charge on any atom is 0.224 e. The second kappa shape index (κ2) is 7.41. The lowest BCUT2D eigenvalue weighted by molar-refractivity contribution is -0.130. The van der Waals surface area contributed by atoms with Gasteiger partial charge in [0.25, 0.3) is 0 Å². The molecule has 0 aliphatic rings. The van der Waals surface area contributed by atoms with E-state index < -0.39 is 0 Å². The number of rotatable bonds is 6. The SMILES string of the molecule is CCN(CC)C(=O)CCNc1ccc(Br)c(C)c1. The first-order chi connectivity index (χ1) is 8.58. The Labute approximate surface area is 118 Å². The van der Waals surface area contributed by atoms with E-state index in [1.807, 2.05) is 30.9 Å². The third-order valence-corrected chi connectivity index (χ3v) is 3.83. The molecule has 1 amide bonds. The van der Waals surface area contributed by atoms with Crippen LogP contribution in [0.25, 0.3) is 0 Å². The zero-order valence-electron chi connectivity index (χ0n) is 11.3. The molecular formula is C14H21BrN2O. The van der Waals surface area contributed by atoms with Crippen molar-refractivity contribution in [1.82, 2.24) is 4.90 Å². The van der Waals surface area contributed by atoms with E-state index in [2.05, 4.69) is 34.2 Å². The molecule has 1 aromatic rings. The Kier molecular flexibility index (Phi) is 6.19. The largest absolute Gasteiger partial charge is 0.385 e. The summed E-state index contributed by atoms with van der Waals surface area (Å²) in [6.07, 6.45) is 0.538. The Morgan fingerprint density at radius 3 is 2.56 bits per heavy atom. The van der Waals surface area contributed by atoms with Crippen molar-refractivity contribution in [2.75, 3.05) is 25.0 Å². The van der Waals surface area contributed by atoms with Gasteiger partial charge in [0.05, 0.1) is 0 Å². The Hall–Kier alpha value is -1.03. The quantitative estimate of drug-likeness (QED) is 0.873. The summed E-state index contributed by atoms with van der Waals surface area (Å²) in [6.45, 7) is 8.31. The third-order valence-electron chi connectivity index (χ3n) is 2.94. The van der Waals surface area contributed by atoms with Crippen LogP contribution >= 0.6 is 15.9 Å². The summed E-state index contributed by atoms with van der Waals surface area (Å²) in [5.74, 6) is 0.210. The monoisotopic (exact) mass is 312 g/mol. The molecule has 0 bridgehead atoms. The average Bonchev–Trinajstić information content (AvgIpc) is 2.35. The minimum Gasteiger partial charge on any atom is -0.385 e. The topological polar surface area (TPSA) is 32.3 Å². The fourth-order valence-corrected chi connectivity index (χ4v) is 2.05. The summed E-state index contributed by atoms with van der Waals surface area (Å²) in [4.78, 5) is 13.7. The number of benzene rings is 1. The first-order valence-electron chi connectivity index (χ1n) is 6.36. The lowest BCUT2D eigenvalue weighted by Gasteiger charge is -2.18. The van der Waals surface area contributed by atoms with E-state index in [0.717, 1.165) is 23.2 Å². The van der Waals surface area contributed by atoms with E-state index in [4.69, 9.17) is 0 Å². The molecule has 1 aromatic carbocycles. The smallest absolute Gasteiger partial charge is 0.224 e. The maximum atomic E-state index is 11.8. The van der Waals surface area contributed by atoms with Crippen molar-refractivity contribution >= 4 is 27.5 Å². The van der Waals surface area contributed by atoms with E-state index in [1.165, 1.54) is 5.56 Å². The van der Waals surface area contributed by atoms with Gasteiger partial charge in [-0.2, -0.15) is 0 Å². The number of hydrogen-bond donors (Lipinski definition) is 1. The fraction of sp³-hybridized carbons (Fsp3) is 0.500. The summed E-state index contributed by atoms with van der Waals surface area (Å²) >= 11 is 3.47. The van der Waals surface area contributed by atoms with Gasteiger partial charge in [-0.05, 0) is 44.5 Å². The summed E-state index contributed by atoms with van der Waals surface area (Å²) in [7, 11) is 0. The van der Waals surface area contributed by atoms with Gasteiger partial charge in [-0.15, -0.1) is 0 Å². The molecule has 0 atom stereocenters. The van der Waals surface area contributed by atoms with Gasteiger partial charge < -0.3 is 10.2 Å². The van der Waals surface area contributed by atoms with Crippen LogP contribution in [-0.4, -0.2) is 30.4 Å². The van der Waals surface area contributed by atoms with Gasteiger partial charge in [0.1, 0.15) is 0 Å². The van der Waals surface area contributed by atoms with Gasteiger partial charge in [0.15, 0.2) is 0 Å². The Bertz CT molecular complexity index is 403. The lowest BCUT2D eigenvalue weighted by Crippen LogP contribution is -2.31. The van der Waals surface area contributed by atoms with Gasteiger partial charge in [0.2, 0.25) is 5.91 Å². The summed E-state index contributed by atoms with van der Waals surface area (Å²) in [5.41, 5.74) is 2.25. The number of amides is 1. The highest BCUT2D eigenvalue weighted by Gasteiger charge is 2.08. The number of halogens is 1. The molecule has 100 valence electrons. The van der Waals surface area contributed by atoms with Crippen LogP contribution in [0.4, 0.5) is 5.69 Å². The van der Waals surface area contributed by atoms with Crippen molar-refractivity contribution in [3.8, 4) is 0 Å². The van der Waals surface area contributed by atoms with E-state index in [9.17, 15) is 4.79 Å². The van der Waals surface area contributed by atoms with Crippen LogP contribution in [0, 0.1) is 6.92 Å². The average molecular weight is 313 g/mol. The summed E-state index contributed by atoms with van der Waals surface area (Å²) in [6, 6.07) is 6.11. The predicted octanol–water partition coefficient (Wildman–Crippen LogP) is 3.43. The normalized spacial score (nSPS) is 10.2. The molecule has 0 saturated carbocycles. The van der Waals surface area contributed by atoms with Crippen molar-refractivity contribution in [2.45, 2.75) is 27.2 Å². The summed E-state index contributed by atoms with van der Waals surface area (Å²) in [5, 5.41) is 3.28. The minimum atomic E-state index is 0.210. The van der Waals surface area contributed by atoms with Gasteiger partial charge in [-0.3, -0.25) is 4.79 Å². The molecule has 0 aliphatic carbocycles. The second-order valence-corrected chi connectivity index (χ2v) is 5.06. The molecule has 0 aliphatic heterocycles. The van der Waals surface area contributed by atoms with Crippen LogP contribution in [0.15, 0.2) is 22.7 Å². The van der Waals surface area contributed by atoms with Crippen LogP contribution in [0.5, 0.6) is 0 Å². The third kappa shape index (κ3) is 4.33. The first-order valence-corrected chi connectivity index (χ1v) is 7.15. The Morgan fingerprint density at radius 1 is 1.33 bits per heavy atom.